The Morgan fingerprint density at radius 3 is 2.67 bits per heavy atom. The number of hydrogen-bond donors (Lipinski definition) is 2. The van der Waals surface area contributed by atoms with Crippen LogP contribution in [0.4, 0.5) is 14.7 Å². The second kappa shape index (κ2) is 9.38. The van der Waals surface area contributed by atoms with Crippen LogP contribution in [0.5, 0.6) is 0 Å². The minimum atomic E-state index is -0.811. The van der Waals surface area contributed by atoms with Gasteiger partial charge in [-0.2, -0.15) is 0 Å². The van der Waals surface area contributed by atoms with Crippen molar-refractivity contribution in [2.45, 2.75) is 44.9 Å². The topological polar surface area (TPSA) is 109 Å². The fraction of sp³-hybridized carbons (Fsp3) is 0.400. The molecule has 3 heterocycles. The monoisotopic (exact) mass is 495 g/mol. The molecule has 2 unspecified atom stereocenters. The molecule has 1 aromatic carbocycles. The molecule has 1 aliphatic heterocycles. The third-order valence-electron chi connectivity index (χ3n) is 6.47. The normalized spacial score (nSPS) is 20.6. The molecule has 1 saturated heterocycles. The van der Waals surface area contributed by atoms with Crippen molar-refractivity contribution in [2.24, 2.45) is 7.05 Å². The predicted octanol–water partition coefficient (Wildman–Crippen LogP) is 2.86. The Morgan fingerprint density at radius 1 is 1.19 bits per heavy atom. The van der Waals surface area contributed by atoms with Gasteiger partial charge in [0.15, 0.2) is 5.52 Å². The zero-order chi connectivity index (χ0) is 25.6. The standard InChI is InChI=1S/C25H27F2N7O2/c1-13-11-34(12-20(36-13)15(9-28)10-29-17-5-6-17)25-31-21(18-7-4-16(26)8-19(18)27)22-23(32-25)24(35)33(3)14(2)30-22/h4,7-10,13,17,20,28-29H,5-6,11-12H2,1-3H3/b15-10+,28-9?. The SMILES string of the molecule is Cc1nc2c(-c3ccc(F)cc3F)nc(N3CC(C)OC(/C(C=N)=C/NC4CC4)C3)nc2c(=O)n1C. The van der Waals surface area contributed by atoms with Gasteiger partial charge in [0, 0.05) is 49.3 Å². The first-order valence-corrected chi connectivity index (χ1v) is 11.8. The van der Waals surface area contributed by atoms with Crippen molar-refractivity contribution in [3.8, 4) is 11.3 Å². The Labute approximate surface area is 206 Å². The fourth-order valence-electron chi connectivity index (χ4n) is 4.24. The van der Waals surface area contributed by atoms with Gasteiger partial charge in [-0.05, 0) is 38.8 Å². The van der Waals surface area contributed by atoms with E-state index in [1.54, 1.807) is 14.0 Å². The molecular weight excluding hydrogens is 468 g/mol. The summed E-state index contributed by atoms with van der Waals surface area (Å²) in [5, 5.41) is 11.2. The average Bonchev–Trinajstić information content (AvgIpc) is 3.67. The van der Waals surface area contributed by atoms with Gasteiger partial charge in [-0.25, -0.2) is 23.7 Å². The minimum absolute atomic E-state index is 0.0248. The second-order valence-corrected chi connectivity index (χ2v) is 9.29. The van der Waals surface area contributed by atoms with Crippen LogP contribution in [0.15, 0.2) is 34.8 Å². The van der Waals surface area contributed by atoms with Gasteiger partial charge in [0.1, 0.15) is 34.8 Å². The Morgan fingerprint density at radius 2 is 1.97 bits per heavy atom. The lowest BCUT2D eigenvalue weighted by molar-refractivity contribution is 0.00652. The largest absolute Gasteiger partial charge is 0.388 e. The van der Waals surface area contributed by atoms with Crippen molar-refractivity contribution in [2.75, 3.05) is 18.0 Å². The highest BCUT2D eigenvalue weighted by molar-refractivity contribution is 5.89. The summed E-state index contributed by atoms with van der Waals surface area (Å²) in [7, 11) is 1.59. The molecular formula is C25H27F2N7O2. The van der Waals surface area contributed by atoms with Gasteiger partial charge in [-0.3, -0.25) is 9.36 Å². The summed E-state index contributed by atoms with van der Waals surface area (Å²) in [6.45, 7) is 4.32. The van der Waals surface area contributed by atoms with E-state index in [1.165, 1.54) is 16.8 Å². The zero-order valence-corrected chi connectivity index (χ0v) is 20.3. The molecule has 2 atom stereocenters. The summed E-state index contributed by atoms with van der Waals surface area (Å²) in [6, 6.07) is 3.63. The third kappa shape index (κ3) is 4.58. The summed E-state index contributed by atoms with van der Waals surface area (Å²) in [4.78, 5) is 28.6. The first-order valence-electron chi connectivity index (χ1n) is 11.8. The van der Waals surface area contributed by atoms with Gasteiger partial charge >= 0.3 is 0 Å². The smallest absolute Gasteiger partial charge is 0.279 e. The third-order valence-corrected chi connectivity index (χ3v) is 6.47. The number of hydrogen-bond acceptors (Lipinski definition) is 8. The summed E-state index contributed by atoms with van der Waals surface area (Å²) in [5.74, 6) is -0.903. The first kappa shape index (κ1) is 24.0. The van der Waals surface area contributed by atoms with Crippen molar-refractivity contribution >= 4 is 23.2 Å². The molecule has 0 spiro atoms. The molecule has 2 aliphatic rings. The number of morpholine rings is 1. The van der Waals surface area contributed by atoms with Crippen molar-refractivity contribution in [3.63, 3.8) is 0 Å². The molecule has 2 fully saturated rings. The van der Waals surface area contributed by atoms with Crippen molar-refractivity contribution in [1.82, 2.24) is 24.8 Å². The molecule has 1 aliphatic carbocycles. The molecule has 36 heavy (non-hydrogen) atoms. The molecule has 0 amide bonds. The van der Waals surface area contributed by atoms with E-state index in [0.29, 0.717) is 30.5 Å². The number of nitrogens with zero attached hydrogens (tertiary/aromatic N) is 5. The van der Waals surface area contributed by atoms with E-state index in [9.17, 15) is 13.6 Å². The molecule has 2 aromatic heterocycles. The highest BCUT2D eigenvalue weighted by atomic mass is 19.1. The van der Waals surface area contributed by atoms with E-state index >= 15 is 0 Å². The van der Waals surface area contributed by atoms with E-state index < -0.39 is 23.3 Å². The zero-order valence-electron chi connectivity index (χ0n) is 20.3. The van der Waals surface area contributed by atoms with Crippen LogP contribution in [0.3, 0.4) is 0 Å². The van der Waals surface area contributed by atoms with Gasteiger partial charge < -0.3 is 20.4 Å². The number of aromatic nitrogens is 4. The molecule has 3 aromatic rings. The van der Waals surface area contributed by atoms with Crippen LogP contribution in [-0.4, -0.2) is 57.1 Å². The van der Waals surface area contributed by atoms with Crippen LogP contribution >= 0.6 is 0 Å². The number of ether oxygens (including phenoxy) is 1. The van der Waals surface area contributed by atoms with Crippen LogP contribution in [0.25, 0.3) is 22.3 Å². The highest BCUT2D eigenvalue weighted by Gasteiger charge is 2.31. The van der Waals surface area contributed by atoms with E-state index in [-0.39, 0.29) is 34.3 Å². The number of rotatable bonds is 6. The van der Waals surface area contributed by atoms with Crippen LogP contribution in [0, 0.1) is 24.0 Å². The maximum atomic E-state index is 14.9. The predicted molar refractivity (Wildman–Crippen MR) is 132 cm³/mol. The van der Waals surface area contributed by atoms with Crippen LogP contribution < -0.4 is 15.8 Å². The number of benzene rings is 1. The summed E-state index contributed by atoms with van der Waals surface area (Å²) in [5.41, 5.74) is 0.616. The second-order valence-electron chi connectivity index (χ2n) is 9.29. The van der Waals surface area contributed by atoms with Crippen molar-refractivity contribution in [3.05, 3.63) is 57.8 Å². The van der Waals surface area contributed by atoms with Crippen LogP contribution in [0.2, 0.25) is 0 Å². The summed E-state index contributed by atoms with van der Waals surface area (Å²) < 4.78 is 36.0. The van der Waals surface area contributed by atoms with Gasteiger partial charge in [-0.1, -0.05) is 0 Å². The van der Waals surface area contributed by atoms with Gasteiger partial charge in [-0.15, -0.1) is 0 Å². The molecule has 0 bridgehead atoms. The fourth-order valence-corrected chi connectivity index (χ4v) is 4.24. The number of halogens is 2. The molecule has 9 nitrogen and oxygen atoms in total. The lowest BCUT2D eigenvalue weighted by Gasteiger charge is -2.37. The van der Waals surface area contributed by atoms with E-state index in [1.807, 2.05) is 18.0 Å². The number of nitrogens with one attached hydrogen (secondary N) is 2. The lowest BCUT2D eigenvalue weighted by Crippen LogP contribution is -2.48. The number of anilines is 1. The van der Waals surface area contributed by atoms with E-state index in [4.69, 9.17) is 10.1 Å². The molecule has 188 valence electrons. The Hall–Kier alpha value is -3.73. The maximum absolute atomic E-state index is 14.9. The van der Waals surface area contributed by atoms with Gasteiger partial charge in [0.2, 0.25) is 5.95 Å². The average molecular weight is 496 g/mol. The number of fused-ring (bicyclic) bond motifs is 1. The van der Waals surface area contributed by atoms with E-state index in [0.717, 1.165) is 25.0 Å². The van der Waals surface area contributed by atoms with Crippen molar-refractivity contribution in [1.29, 1.82) is 5.41 Å². The van der Waals surface area contributed by atoms with Gasteiger partial charge in [0.25, 0.3) is 5.56 Å². The van der Waals surface area contributed by atoms with Crippen LogP contribution in [-0.2, 0) is 11.8 Å². The minimum Gasteiger partial charge on any atom is -0.388 e. The highest BCUT2D eigenvalue weighted by Crippen LogP contribution is 2.30. The molecule has 0 radical (unpaired) electrons. The molecule has 5 rings (SSSR count). The van der Waals surface area contributed by atoms with E-state index in [2.05, 4.69) is 20.3 Å². The molecule has 1 saturated carbocycles. The number of aryl methyl sites for hydroxylation is 1. The van der Waals surface area contributed by atoms with Gasteiger partial charge in [0.05, 0.1) is 12.6 Å². The van der Waals surface area contributed by atoms with Crippen molar-refractivity contribution < 1.29 is 13.5 Å². The first-order chi connectivity index (χ1) is 17.2. The Bertz CT molecular complexity index is 1430. The Kier molecular flexibility index (Phi) is 6.25. The lowest BCUT2D eigenvalue weighted by atomic mass is 10.1. The quantitative estimate of drug-likeness (QED) is 0.506. The molecule has 2 N–H and O–H groups in total. The Balaban J connectivity index is 1.62. The van der Waals surface area contributed by atoms with Crippen LogP contribution in [0.1, 0.15) is 25.6 Å². The summed E-state index contributed by atoms with van der Waals surface area (Å²) in [6.07, 6.45) is 4.63. The summed E-state index contributed by atoms with van der Waals surface area (Å²) >= 11 is 0. The maximum Gasteiger partial charge on any atom is 0.279 e. The molecule has 11 heteroatoms.